The predicted octanol–water partition coefficient (Wildman–Crippen LogP) is 0.430. The van der Waals surface area contributed by atoms with E-state index in [1.54, 1.807) is 0 Å². The highest BCUT2D eigenvalue weighted by atomic mass is 32.3. The summed E-state index contributed by atoms with van der Waals surface area (Å²) in [4.78, 5) is 20.8. The van der Waals surface area contributed by atoms with Gasteiger partial charge >= 0.3 is 22.3 Å². The van der Waals surface area contributed by atoms with E-state index in [9.17, 15) is 9.59 Å². The minimum Gasteiger partial charge on any atom is -0.478 e. The van der Waals surface area contributed by atoms with Crippen LogP contribution in [0.25, 0.3) is 0 Å². The highest BCUT2D eigenvalue weighted by Gasteiger charge is 2.06. The Labute approximate surface area is 95.7 Å². The van der Waals surface area contributed by atoms with Gasteiger partial charge in [-0.1, -0.05) is 6.07 Å². The van der Waals surface area contributed by atoms with Crippen LogP contribution in [0.1, 0.15) is 20.7 Å². The summed E-state index contributed by atoms with van der Waals surface area (Å²) < 4.78 is 31.6. The maximum atomic E-state index is 10.4. The fourth-order valence-corrected chi connectivity index (χ4v) is 0.785. The maximum Gasteiger partial charge on any atom is 0.394 e. The number of benzene rings is 1. The molecule has 0 amide bonds. The maximum absolute atomic E-state index is 10.4. The Morgan fingerprint density at radius 3 is 1.47 bits per heavy atom. The van der Waals surface area contributed by atoms with Crippen molar-refractivity contribution in [3.8, 4) is 0 Å². The van der Waals surface area contributed by atoms with E-state index in [0.29, 0.717) is 0 Å². The van der Waals surface area contributed by atoms with Crippen molar-refractivity contribution in [3.05, 3.63) is 35.4 Å². The molecule has 4 N–H and O–H groups in total. The van der Waals surface area contributed by atoms with E-state index in [2.05, 4.69) is 0 Å². The summed E-state index contributed by atoms with van der Waals surface area (Å²) in [6.07, 6.45) is 0. The van der Waals surface area contributed by atoms with E-state index >= 15 is 0 Å². The van der Waals surface area contributed by atoms with E-state index in [4.69, 9.17) is 27.7 Å². The van der Waals surface area contributed by atoms with Crippen molar-refractivity contribution in [3.63, 3.8) is 0 Å². The Morgan fingerprint density at radius 2 is 1.24 bits per heavy atom. The Bertz CT molecular complexity index is 481. The molecular weight excluding hydrogens is 256 g/mol. The zero-order valence-corrected chi connectivity index (χ0v) is 8.96. The van der Waals surface area contributed by atoms with Crippen LogP contribution in [0, 0.1) is 0 Å². The molecule has 17 heavy (non-hydrogen) atoms. The average molecular weight is 264 g/mol. The molecule has 1 aromatic carbocycles. The highest BCUT2D eigenvalue weighted by Crippen LogP contribution is 2.04. The first-order valence-electron chi connectivity index (χ1n) is 3.88. The molecule has 0 heterocycles. The van der Waals surface area contributed by atoms with E-state index in [0.717, 1.165) is 6.07 Å². The van der Waals surface area contributed by atoms with Crippen molar-refractivity contribution >= 4 is 22.3 Å². The Balaban J connectivity index is 0.000000437. The number of carboxylic acids is 2. The van der Waals surface area contributed by atoms with Crippen molar-refractivity contribution in [2.24, 2.45) is 0 Å². The normalized spacial score (nSPS) is 10.0. The lowest BCUT2D eigenvalue weighted by molar-refractivity contribution is 0.0696. The van der Waals surface area contributed by atoms with Gasteiger partial charge in [0, 0.05) is 0 Å². The molecule has 1 rings (SSSR count). The van der Waals surface area contributed by atoms with Gasteiger partial charge in [0.15, 0.2) is 0 Å². The zero-order chi connectivity index (χ0) is 13.6. The lowest BCUT2D eigenvalue weighted by atomic mass is 10.1. The van der Waals surface area contributed by atoms with Gasteiger partial charge < -0.3 is 10.2 Å². The van der Waals surface area contributed by atoms with Crippen molar-refractivity contribution in [1.82, 2.24) is 0 Å². The third kappa shape index (κ3) is 7.90. The fourth-order valence-electron chi connectivity index (χ4n) is 0.785. The Kier molecular flexibility index (Phi) is 5.25. The molecule has 0 saturated carbocycles. The molecule has 8 nitrogen and oxygen atoms in total. The average Bonchev–Trinajstić information content (AvgIpc) is 2.15. The first kappa shape index (κ1) is 15.0. The third-order valence-electron chi connectivity index (χ3n) is 1.36. The van der Waals surface area contributed by atoms with E-state index < -0.39 is 22.3 Å². The summed E-state index contributed by atoms with van der Waals surface area (Å²) in [5, 5.41) is 17.0. The molecule has 0 aliphatic rings. The highest BCUT2D eigenvalue weighted by molar-refractivity contribution is 7.79. The fraction of sp³-hybridized carbons (Fsp3) is 0. The van der Waals surface area contributed by atoms with Crippen LogP contribution in [0.2, 0.25) is 0 Å². The molecule has 0 spiro atoms. The molecule has 9 heteroatoms. The Morgan fingerprint density at radius 1 is 0.941 bits per heavy atom. The summed E-state index contributed by atoms with van der Waals surface area (Å²) in [7, 11) is -4.67. The lowest BCUT2D eigenvalue weighted by Crippen LogP contribution is -2.01. The number of carbonyl (C=O) groups is 2. The molecule has 1 aromatic rings. The topological polar surface area (TPSA) is 149 Å². The molecule has 0 bridgehead atoms. The summed E-state index contributed by atoms with van der Waals surface area (Å²) >= 11 is 0. The number of carboxylic acid groups (broad SMARTS) is 2. The third-order valence-corrected chi connectivity index (χ3v) is 1.36. The van der Waals surface area contributed by atoms with Gasteiger partial charge in [0.05, 0.1) is 11.1 Å². The van der Waals surface area contributed by atoms with E-state index in [-0.39, 0.29) is 11.1 Å². The van der Waals surface area contributed by atoms with Crippen LogP contribution in [0.15, 0.2) is 24.3 Å². The number of aromatic carboxylic acids is 2. The smallest absolute Gasteiger partial charge is 0.394 e. The van der Waals surface area contributed by atoms with Crippen LogP contribution in [0.3, 0.4) is 0 Å². The quantitative estimate of drug-likeness (QED) is 0.561. The minimum absolute atomic E-state index is 0.0186. The van der Waals surface area contributed by atoms with Gasteiger partial charge in [0.25, 0.3) is 0 Å². The molecule has 0 radical (unpaired) electrons. The van der Waals surface area contributed by atoms with Gasteiger partial charge in [0.1, 0.15) is 0 Å². The Hall–Kier alpha value is -1.97. The van der Waals surface area contributed by atoms with Gasteiger partial charge in [0.2, 0.25) is 0 Å². The molecule has 0 atom stereocenters. The number of rotatable bonds is 2. The molecule has 0 aliphatic carbocycles. The predicted molar refractivity (Wildman–Crippen MR) is 54.5 cm³/mol. The summed E-state index contributed by atoms with van der Waals surface area (Å²) in [5.74, 6) is -2.25. The monoisotopic (exact) mass is 264 g/mol. The standard InChI is InChI=1S/C8H6O4.H2O4S/c9-7(10)5-2-1-3-6(4-5)8(11)12;1-5(2,3)4/h1-4H,(H,9,10)(H,11,12);(H2,1,2,3,4). The molecule has 0 aromatic heterocycles. The SMILES string of the molecule is O=C(O)c1cccc(C(=O)O)c1.O=S(=O)(O)O. The van der Waals surface area contributed by atoms with Crippen LogP contribution in [-0.2, 0) is 10.4 Å². The number of hydrogen-bond acceptors (Lipinski definition) is 4. The van der Waals surface area contributed by atoms with Gasteiger partial charge in [-0.2, -0.15) is 8.42 Å². The van der Waals surface area contributed by atoms with Crippen molar-refractivity contribution in [2.75, 3.05) is 0 Å². The van der Waals surface area contributed by atoms with Crippen LogP contribution >= 0.6 is 0 Å². The summed E-state index contributed by atoms with van der Waals surface area (Å²) in [5.41, 5.74) is -0.0372. The van der Waals surface area contributed by atoms with Crippen molar-refractivity contribution < 1.29 is 37.3 Å². The molecular formula is C8H8O8S. The van der Waals surface area contributed by atoms with Gasteiger partial charge in [-0.15, -0.1) is 0 Å². The first-order valence-corrected chi connectivity index (χ1v) is 5.27. The van der Waals surface area contributed by atoms with E-state index in [1.165, 1.54) is 18.2 Å². The second kappa shape index (κ2) is 5.94. The second-order valence-electron chi connectivity index (χ2n) is 2.64. The van der Waals surface area contributed by atoms with Crippen LogP contribution < -0.4 is 0 Å². The molecule has 0 aliphatic heterocycles. The molecule has 0 saturated heterocycles. The molecule has 0 fully saturated rings. The van der Waals surface area contributed by atoms with Crippen LogP contribution in [0.4, 0.5) is 0 Å². The zero-order valence-electron chi connectivity index (χ0n) is 8.14. The molecule has 94 valence electrons. The van der Waals surface area contributed by atoms with Crippen LogP contribution in [0.5, 0.6) is 0 Å². The second-order valence-corrected chi connectivity index (χ2v) is 3.53. The van der Waals surface area contributed by atoms with Gasteiger partial charge in [-0.05, 0) is 18.2 Å². The van der Waals surface area contributed by atoms with Gasteiger partial charge in [-0.25, -0.2) is 9.59 Å². The van der Waals surface area contributed by atoms with Crippen molar-refractivity contribution in [1.29, 1.82) is 0 Å². The van der Waals surface area contributed by atoms with Crippen molar-refractivity contribution in [2.45, 2.75) is 0 Å². The largest absolute Gasteiger partial charge is 0.478 e. The van der Waals surface area contributed by atoms with Crippen LogP contribution in [-0.4, -0.2) is 39.7 Å². The van der Waals surface area contributed by atoms with E-state index in [1.807, 2.05) is 0 Å². The molecule has 0 unspecified atom stereocenters. The van der Waals surface area contributed by atoms with Gasteiger partial charge in [-0.3, -0.25) is 9.11 Å². The lowest BCUT2D eigenvalue weighted by Gasteiger charge is -1.95. The number of hydrogen-bond donors (Lipinski definition) is 4. The first-order chi connectivity index (χ1) is 7.61. The summed E-state index contributed by atoms with van der Waals surface area (Å²) in [6.45, 7) is 0. The summed E-state index contributed by atoms with van der Waals surface area (Å²) in [6, 6.07) is 5.20. The minimum atomic E-state index is -4.67.